The number of methoxy groups -OCH3 is 1. The molecule has 0 unspecified atom stereocenters. The fourth-order valence-electron chi connectivity index (χ4n) is 2.10. The summed E-state index contributed by atoms with van der Waals surface area (Å²) < 4.78 is 5.07. The normalized spacial score (nSPS) is 15.8. The third kappa shape index (κ3) is 5.04. The van der Waals surface area contributed by atoms with E-state index in [2.05, 4.69) is 46.3 Å². The Morgan fingerprint density at radius 2 is 1.95 bits per heavy atom. The van der Waals surface area contributed by atoms with Crippen molar-refractivity contribution in [3.8, 4) is 11.8 Å². The topological polar surface area (TPSA) is 24.5 Å². The molecule has 1 N–H and O–H groups in total. The van der Waals surface area contributed by atoms with Crippen LogP contribution in [0, 0.1) is 11.8 Å². The molecule has 1 saturated heterocycles. The Hall–Kier alpha value is -1.34. The van der Waals surface area contributed by atoms with Crippen LogP contribution in [0.15, 0.2) is 24.3 Å². The average molecular weight is 258 g/mol. The van der Waals surface area contributed by atoms with Gasteiger partial charge >= 0.3 is 0 Å². The first kappa shape index (κ1) is 14.1. The van der Waals surface area contributed by atoms with E-state index in [0.29, 0.717) is 0 Å². The van der Waals surface area contributed by atoms with Gasteiger partial charge in [-0.3, -0.25) is 4.90 Å². The van der Waals surface area contributed by atoms with Crippen LogP contribution in [0.1, 0.15) is 11.1 Å². The predicted octanol–water partition coefficient (Wildman–Crippen LogP) is 1.13. The third-order valence-electron chi connectivity index (χ3n) is 3.29. The van der Waals surface area contributed by atoms with Gasteiger partial charge in [0.25, 0.3) is 0 Å². The van der Waals surface area contributed by atoms with Crippen molar-refractivity contribution in [2.75, 3.05) is 46.4 Å². The highest BCUT2D eigenvalue weighted by Crippen LogP contribution is 2.04. The van der Waals surface area contributed by atoms with Gasteiger partial charge in [0.15, 0.2) is 0 Å². The summed E-state index contributed by atoms with van der Waals surface area (Å²) in [4.78, 5) is 2.39. The highest BCUT2D eigenvalue weighted by atomic mass is 16.5. The van der Waals surface area contributed by atoms with Crippen LogP contribution in [0.5, 0.6) is 0 Å². The molecule has 102 valence electrons. The van der Waals surface area contributed by atoms with E-state index in [0.717, 1.165) is 51.3 Å². The minimum atomic E-state index is 0.772. The molecule has 1 aromatic rings. The van der Waals surface area contributed by atoms with Crippen molar-refractivity contribution in [1.82, 2.24) is 10.2 Å². The van der Waals surface area contributed by atoms with E-state index in [1.165, 1.54) is 5.56 Å². The predicted molar refractivity (Wildman–Crippen MR) is 78.2 cm³/mol. The summed E-state index contributed by atoms with van der Waals surface area (Å²) in [5.74, 6) is 6.49. The molecular formula is C16H22N2O. The van der Waals surface area contributed by atoms with Gasteiger partial charge in [0.2, 0.25) is 0 Å². The van der Waals surface area contributed by atoms with Gasteiger partial charge in [0, 0.05) is 38.9 Å². The van der Waals surface area contributed by atoms with Gasteiger partial charge in [-0.05, 0) is 24.1 Å². The van der Waals surface area contributed by atoms with E-state index in [1.807, 2.05) is 0 Å². The van der Waals surface area contributed by atoms with Crippen molar-refractivity contribution in [2.24, 2.45) is 0 Å². The highest BCUT2D eigenvalue weighted by molar-refractivity contribution is 5.36. The molecule has 1 fully saturated rings. The fraction of sp³-hybridized carbons (Fsp3) is 0.500. The maximum Gasteiger partial charge on any atom is 0.0606 e. The van der Waals surface area contributed by atoms with Crippen LogP contribution in [0.4, 0.5) is 0 Å². The maximum atomic E-state index is 5.07. The minimum absolute atomic E-state index is 0.772. The zero-order chi connectivity index (χ0) is 13.3. The maximum absolute atomic E-state index is 5.07. The zero-order valence-corrected chi connectivity index (χ0v) is 11.6. The van der Waals surface area contributed by atoms with Crippen molar-refractivity contribution in [3.05, 3.63) is 35.4 Å². The molecule has 0 spiro atoms. The van der Waals surface area contributed by atoms with Crippen LogP contribution in [0.2, 0.25) is 0 Å². The van der Waals surface area contributed by atoms with Crippen LogP contribution < -0.4 is 5.32 Å². The lowest BCUT2D eigenvalue weighted by molar-refractivity contribution is 0.202. The molecule has 0 aromatic heterocycles. The summed E-state index contributed by atoms with van der Waals surface area (Å²) >= 11 is 0. The first-order valence-corrected chi connectivity index (χ1v) is 6.88. The van der Waals surface area contributed by atoms with Crippen LogP contribution >= 0.6 is 0 Å². The van der Waals surface area contributed by atoms with E-state index in [-0.39, 0.29) is 0 Å². The summed E-state index contributed by atoms with van der Waals surface area (Å²) in [6.07, 6.45) is 0.963. The van der Waals surface area contributed by atoms with Crippen molar-refractivity contribution in [1.29, 1.82) is 0 Å². The van der Waals surface area contributed by atoms with Crippen molar-refractivity contribution >= 4 is 0 Å². The van der Waals surface area contributed by atoms with E-state index < -0.39 is 0 Å². The molecule has 0 bridgehead atoms. The van der Waals surface area contributed by atoms with Crippen molar-refractivity contribution in [3.63, 3.8) is 0 Å². The monoisotopic (exact) mass is 258 g/mol. The van der Waals surface area contributed by atoms with Gasteiger partial charge in [0.05, 0.1) is 13.2 Å². The van der Waals surface area contributed by atoms with E-state index in [9.17, 15) is 0 Å². The second-order valence-electron chi connectivity index (χ2n) is 4.77. The van der Waals surface area contributed by atoms with E-state index in [1.54, 1.807) is 7.11 Å². The number of piperazine rings is 1. The molecule has 0 amide bonds. The lowest BCUT2D eigenvalue weighted by Crippen LogP contribution is -2.43. The van der Waals surface area contributed by atoms with Gasteiger partial charge < -0.3 is 10.1 Å². The first-order chi connectivity index (χ1) is 9.38. The van der Waals surface area contributed by atoms with Gasteiger partial charge in [-0.25, -0.2) is 0 Å². The molecule has 19 heavy (non-hydrogen) atoms. The Labute approximate surface area is 115 Å². The lowest BCUT2D eigenvalue weighted by atomic mass is 10.1. The van der Waals surface area contributed by atoms with Crippen molar-refractivity contribution < 1.29 is 4.74 Å². The third-order valence-corrected chi connectivity index (χ3v) is 3.29. The van der Waals surface area contributed by atoms with Crippen LogP contribution in [0.3, 0.4) is 0 Å². The number of rotatable bonds is 4. The SMILES string of the molecule is COCCc1ccc(C#CCN2CCNCC2)cc1. The molecule has 1 aromatic carbocycles. The molecule has 3 nitrogen and oxygen atoms in total. The zero-order valence-electron chi connectivity index (χ0n) is 11.6. The standard InChI is InChI=1S/C16H22N2O/c1-19-14-8-16-6-4-15(5-7-16)3-2-11-18-12-9-17-10-13-18/h4-7,17H,8-14H2,1H3. The van der Waals surface area contributed by atoms with Crippen LogP contribution in [-0.2, 0) is 11.2 Å². The van der Waals surface area contributed by atoms with Gasteiger partial charge in [-0.15, -0.1) is 0 Å². The molecule has 1 aliphatic rings. The summed E-state index contributed by atoms with van der Waals surface area (Å²) in [6, 6.07) is 8.45. The first-order valence-electron chi connectivity index (χ1n) is 6.88. The van der Waals surface area contributed by atoms with Gasteiger partial charge in [0.1, 0.15) is 0 Å². The Morgan fingerprint density at radius 1 is 1.21 bits per heavy atom. The molecule has 0 aliphatic carbocycles. The molecule has 1 aliphatic heterocycles. The Morgan fingerprint density at radius 3 is 2.63 bits per heavy atom. The number of hydrogen-bond acceptors (Lipinski definition) is 3. The quantitative estimate of drug-likeness (QED) is 0.820. The van der Waals surface area contributed by atoms with E-state index in [4.69, 9.17) is 4.74 Å². The summed E-state index contributed by atoms with van der Waals surface area (Å²) in [7, 11) is 1.73. The summed E-state index contributed by atoms with van der Waals surface area (Å²) in [5, 5.41) is 3.35. The van der Waals surface area contributed by atoms with Crippen LogP contribution in [-0.4, -0.2) is 51.3 Å². The molecule has 0 atom stereocenters. The van der Waals surface area contributed by atoms with E-state index >= 15 is 0 Å². The molecule has 0 radical (unpaired) electrons. The molecule has 3 heteroatoms. The van der Waals surface area contributed by atoms with Gasteiger partial charge in [-0.1, -0.05) is 24.0 Å². The average Bonchev–Trinajstić information content (AvgIpc) is 2.47. The second kappa shape index (κ2) is 7.96. The van der Waals surface area contributed by atoms with Crippen molar-refractivity contribution in [2.45, 2.75) is 6.42 Å². The smallest absolute Gasteiger partial charge is 0.0606 e. The molecule has 2 rings (SSSR count). The number of nitrogens with one attached hydrogen (secondary N) is 1. The Bertz CT molecular complexity index is 424. The minimum Gasteiger partial charge on any atom is -0.384 e. The highest BCUT2D eigenvalue weighted by Gasteiger charge is 2.06. The van der Waals surface area contributed by atoms with Crippen LogP contribution in [0.25, 0.3) is 0 Å². The fourth-order valence-corrected chi connectivity index (χ4v) is 2.10. The number of benzene rings is 1. The lowest BCUT2D eigenvalue weighted by Gasteiger charge is -2.24. The number of hydrogen-bond donors (Lipinski definition) is 1. The Kier molecular flexibility index (Phi) is 5.90. The summed E-state index contributed by atoms with van der Waals surface area (Å²) in [5.41, 5.74) is 2.39. The van der Waals surface area contributed by atoms with Gasteiger partial charge in [-0.2, -0.15) is 0 Å². The summed E-state index contributed by atoms with van der Waals surface area (Å²) in [6.45, 7) is 6.00. The number of ether oxygens (including phenoxy) is 1. The molecular weight excluding hydrogens is 236 g/mol. The second-order valence-corrected chi connectivity index (χ2v) is 4.77. The largest absolute Gasteiger partial charge is 0.384 e. The number of nitrogens with zero attached hydrogens (tertiary/aromatic N) is 1. The Balaban J connectivity index is 1.81. The molecule has 1 heterocycles. The molecule has 0 saturated carbocycles.